The molecule has 3 heterocycles. The van der Waals surface area contributed by atoms with Crippen molar-refractivity contribution in [2.45, 2.75) is 12.3 Å². The van der Waals surface area contributed by atoms with Crippen LogP contribution in [0.4, 0.5) is 0 Å². The SMILES string of the molecule is C1=CC(c2nc3ccccc3s2)CC=C1c1cc(-c2ccc(-c3cncc4ccccc34)cc2)nc(-c2ccc(-c3ccccc3)cc2)n1. The molecular weight excluding hydrogens is 617 g/mol. The molecule has 8 aromatic rings. The maximum absolute atomic E-state index is 5.14. The lowest BCUT2D eigenvalue weighted by atomic mass is 9.94. The fourth-order valence-electron chi connectivity index (χ4n) is 6.52. The van der Waals surface area contributed by atoms with Crippen molar-refractivity contribution in [3.8, 4) is 44.9 Å². The molecule has 0 saturated carbocycles. The van der Waals surface area contributed by atoms with E-state index in [4.69, 9.17) is 15.0 Å². The summed E-state index contributed by atoms with van der Waals surface area (Å²) in [6.45, 7) is 0. The molecule has 3 aromatic heterocycles. The lowest BCUT2D eigenvalue weighted by Crippen LogP contribution is -2.02. The van der Waals surface area contributed by atoms with E-state index in [1.165, 1.54) is 15.6 Å². The van der Waals surface area contributed by atoms with Crippen molar-refractivity contribution in [3.05, 3.63) is 175 Å². The third kappa shape index (κ3) is 5.75. The molecule has 0 fully saturated rings. The summed E-state index contributed by atoms with van der Waals surface area (Å²) < 4.78 is 1.23. The van der Waals surface area contributed by atoms with Crippen LogP contribution in [0.5, 0.6) is 0 Å². The second-order valence-electron chi connectivity index (χ2n) is 12.3. The highest BCUT2D eigenvalue weighted by Crippen LogP contribution is 2.36. The van der Waals surface area contributed by atoms with Crippen LogP contribution in [-0.2, 0) is 0 Å². The Morgan fingerprint density at radius 1 is 0.571 bits per heavy atom. The summed E-state index contributed by atoms with van der Waals surface area (Å²) in [4.78, 5) is 19.7. The molecule has 0 bridgehead atoms. The van der Waals surface area contributed by atoms with E-state index in [1.54, 1.807) is 11.3 Å². The smallest absolute Gasteiger partial charge is 0.160 e. The number of hydrogen-bond acceptors (Lipinski definition) is 5. The average molecular weight is 647 g/mol. The van der Waals surface area contributed by atoms with E-state index in [1.807, 2.05) is 18.5 Å². The molecule has 5 heteroatoms. The van der Waals surface area contributed by atoms with Gasteiger partial charge in [-0.1, -0.05) is 133 Å². The number of aromatic nitrogens is 4. The van der Waals surface area contributed by atoms with Gasteiger partial charge in [0.1, 0.15) is 5.01 Å². The molecule has 0 radical (unpaired) electrons. The molecule has 1 aliphatic carbocycles. The van der Waals surface area contributed by atoms with E-state index in [-0.39, 0.29) is 5.92 Å². The molecule has 0 N–H and O–H groups in total. The summed E-state index contributed by atoms with van der Waals surface area (Å²) in [7, 11) is 0. The van der Waals surface area contributed by atoms with Crippen molar-refractivity contribution < 1.29 is 0 Å². The zero-order chi connectivity index (χ0) is 32.6. The first kappa shape index (κ1) is 29.1. The third-order valence-corrected chi connectivity index (χ3v) is 10.3. The number of thiazole rings is 1. The number of hydrogen-bond donors (Lipinski definition) is 0. The molecule has 4 nitrogen and oxygen atoms in total. The highest BCUT2D eigenvalue weighted by molar-refractivity contribution is 7.18. The predicted molar refractivity (Wildman–Crippen MR) is 203 cm³/mol. The molecule has 49 heavy (non-hydrogen) atoms. The first-order valence-corrected chi connectivity index (χ1v) is 17.3. The Bertz CT molecular complexity index is 2470. The normalized spacial score (nSPS) is 14.3. The van der Waals surface area contributed by atoms with Crippen LogP contribution in [0.1, 0.15) is 23.0 Å². The number of nitrogens with zero attached hydrogens (tertiary/aromatic N) is 4. The lowest BCUT2D eigenvalue weighted by Gasteiger charge is -2.15. The highest BCUT2D eigenvalue weighted by atomic mass is 32.1. The Labute approximate surface area is 288 Å². The van der Waals surface area contributed by atoms with Gasteiger partial charge in [0.2, 0.25) is 0 Å². The fraction of sp³-hybridized carbons (Fsp3) is 0.0455. The van der Waals surface area contributed by atoms with E-state index in [0.717, 1.165) is 67.1 Å². The van der Waals surface area contributed by atoms with E-state index < -0.39 is 0 Å². The summed E-state index contributed by atoms with van der Waals surface area (Å²) in [5.74, 6) is 0.959. The highest BCUT2D eigenvalue weighted by Gasteiger charge is 2.18. The van der Waals surface area contributed by atoms with Crippen molar-refractivity contribution in [1.82, 2.24) is 19.9 Å². The van der Waals surface area contributed by atoms with Crippen molar-refractivity contribution in [1.29, 1.82) is 0 Å². The van der Waals surface area contributed by atoms with Crippen molar-refractivity contribution in [2.24, 2.45) is 0 Å². The Morgan fingerprint density at radius 3 is 2.08 bits per heavy atom. The molecule has 0 aliphatic heterocycles. The summed E-state index contributed by atoms with van der Waals surface area (Å²) >= 11 is 1.78. The van der Waals surface area contributed by atoms with E-state index >= 15 is 0 Å². The number of allylic oxidation sites excluding steroid dienone is 4. The van der Waals surface area contributed by atoms with Gasteiger partial charge >= 0.3 is 0 Å². The maximum Gasteiger partial charge on any atom is 0.160 e. The maximum atomic E-state index is 5.14. The molecule has 0 amide bonds. The number of rotatable bonds is 6. The van der Waals surface area contributed by atoms with E-state index in [2.05, 4.69) is 151 Å². The van der Waals surface area contributed by atoms with Gasteiger partial charge in [-0.25, -0.2) is 15.0 Å². The monoisotopic (exact) mass is 646 g/mol. The first-order chi connectivity index (χ1) is 24.2. The topological polar surface area (TPSA) is 51.6 Å². The molecule has 1 unspecified atom stereocenters. The third-order valence-electron chi connectivity index (χ3n) is 9.16. The van der Waals surface area contributed by atoms with Crippen LogP contribution in [-0.4, -0.2) is 19.9 Å². The van der Waals surface area contributed by atoms with Gasteiger partial charge in [0, 0.05) is 40.4 Å². The standard InChI is InChI=1S/C44H30N4S/c1-2-8-29(9-3-1)30-14-22-34(23-15-30)43-46-40(32-18-16-31(17-19-32)38-28-45-27-36-10-4-5-11-37(36)38)26-41(47-43)33-20-24-35(25-21-33)44-48-39-12-6-7-13-42(39)49-44/h1-24,26-28,35H,25H2. The minimum atomic E-state index is 0.253. The van der Waals surface area contributed by atoms with Crippen LogP contribution in [0.3, 0.4) is 0 Å². The molecule has 232 valence electrons. The molecule has 0 spiro atoms. The van der Waals surface area contributed by atoms with Crippen LogP contribution in [0.15, 0.2) is 164 Å². The average Bonchev–Trinajstić information content (AvgIpc) is 3.63. The minimum Gasteiger partial charge on any atom is -0.263 e. The van der Waals surface area contributed by atoms with Gasteiger partial charge < -0.3 is 0 Å². The second kappa shape index (κ2) is 12.5. The summed E-state index contributed by atoms with van der Waals surface area (Å²) in [5, 5.41) is 3.47. The van der Waals surface area contributed by atoms with Gasteiger partial charge in [-0.15, -0.1) is 11.3 Å². The van der Waals surface area contributed by atoms with Crippen LogP contribution < -0.4 is 0 Å². The molecular formula is C44H30N4S. The molecule has 1 aliphatic rings. The number of para-hydroxylation sites is 1. The number of fused-ring (bicyclic) bond motifs is 2. The molecule has 1 atom stereocenters. The van der Waals surface area contributed by atoms with Gasteiger partial charge in [0.15, 0.2) is 5.82 Å². The van der Waals surface area contributed by atoms with Crippen molar-refractivity contribution in [3.63, 3.8) is 0 Å². The second-order valence-corrected chi connectivity index (χ2v) is 13.3. The minimum absolute atomic E-state index is 0.253. The summed E-state index contributed by atoms with van der Waals surface area (Å²) in [6.07, 6.45) is 11.5. The Morgan fingerprint density at radius 2 is 1.27 bits per heavy atom. The number of benzene rings is 5. The van der Waals surface area contributed by atoms with Crippen LogP contribution in [0.2, 0.25) is 0 Å². The zero-order valence-corrected chi connectivity index (χ0v) is 27.4. The van der Waals surface area contributed by atoms with Gasteiger partial charge in [0.25, 0.3) is 0 Å². The fourth-order valence-corrected chi connectivity index (χ4v) is 7.58. The Kier molecular flexibility index (Phi) is 7.45. The molecule has 9 rings (SSSR count). The quantitative estimate of drug-likeness (QED) is 0.180. The number of pyridine rings is 1. The largest absolute Gasteiger partial charge is 0.263 e. The zero-order valence-electron chi connectivity index (χ0n) is 26.6. The molecule has 5 aromatic carbocycles. The molecule has 0 saturated heterocycles. The Balaban J connectivity index is 1.08. The van der Waals surface area contributed by atoms with Crippen molar-refractivity contribution in [2.75, 3.05) is 0 Å². The van der Waals surface area contributed by atoms with Gasteiger partial charge in [-0.3, -0.25) is 4.98 Å². The van der Waals surface area contributed by atoms with E-state index in [9.17, 15) is 0 Å². The van der Waals surface area contributed by atoms with Gasteiger partial charge in [0.05, 0.1) is 21.6 Å². The Hall–Kier alpha value is -6.04. The summed E-state index contributed by atoms with van der Waals surface area (Å²) in [5.41, 5.74) is 10.6. The van der Waals surface area contributed by atoms with Crippen LogP contribution in [0, 0.1) is 0 Å². The predicted octanol–water partition coefficient (Wildman–Crippen LogP) is 11.4. The van der Waals surface area contributed by atoms with Crippen LogP contribution in [0.25, 0.3) is 71.5 Å². The van der Waals surface area contributed by atoms with E-state index in [0.29, 0.717) is 5.82 Å². The summed E-state index contributed by atoms with van der Waals surface area (Å²) in [6, 6.07) is 46.5. The lowest BCUT2D eigenvalue weighted by molar-refractivity contribution is 0.847. The van der Waals surface area contributed by atoms with Gasteiger partial charge in [-0.2, -0.15) is 0 Å². The van der Waals surface area contributed by atoms with Crippen LogP contribution >= 0.6 is 11.3 Å². The first-order valence-electron chi connectivity index (χ1n) is 16.5. The van der Waals surface area contributed by atoms with Gasteiger partial charge in [-0.05, 0) is 52.3 Å². The van der Waals surface area contributed by atoms with Crippen molar-refractivity contribution >= 4 is 37.9 Å².